The molecule has 0 bridgehead atoms. The van der Waals surface area contributed by atoms with Crippen molar-refractivity contribution >= 4 is 23.2 Å². The molecule has 0 amide bonds. The molecule has 0 spiro atoms. The van der Waals surface area contributed by atoms with Crippen LogP contribution in [0, 0.1) is 17.0 Å². The van der Waals surface area contributed by atoms with E-state index in [2.05, 4.69) is 9.88 Å². The van der Waals surface area contributed by atoms with Gasteiger partial charge in [0.25, 0.3) is 0 Å². The van der Waals surface area contributed by atoms with Gasteiger partial charge in [-0.25, -0.2) is 9.78 Å². The lowest BCUT2D eigenvalue weighted by Gasteiger charge is -2.33. The van der Waals surface area contributed by atoms with Crippen molar-refractivity contribution in [3.8, 4) is 0 Å². The van der Waals surface area contributed by atoms with Gasteiger partial charge in [0.2, 0.25) is 5.82 Å². The molecule has 1 aliphatic heterocycles. The fourth-order valence-electron chi connectivity index (χ4n) is 2.58. The number of piperazine rings is 1. The number of rotatable bonds is 4. The van der Waals surface area contributed by atoms with Gasteiger partial charge in [-0.15, -0.1) is 0 Å². The molecule has 0 unspecified atom stereocenters. The van der Waals surface area contributed by atoms with Gasteiger partial charge in [0.15, 0.2) is 0 Å². The Kier molecular flexibility index (Phi) is 4.99. The molecule has 0 atom stereocenters. The minimum atomic E-state index is -0.692. The number of aryl methyl sites for hydroxylation is 1. The Bertz CT molecular complexity index is 626. The van der Waals surface area contributed by atoms with E-state index in [1.807, 2.05) is 11.9 Å². The van der Waals surface area contributed by atoms with Crippen LogP contribution in [0.1, 0.15) is 23.0 Å². The van der Waals surface area contributed by atoms with Crippen LogP contribution in [-0.2, 0) is 4.74 Å². The monoisotopic (exact) mass is 323 g/mol. The van der Waals surface area contributed by atoms with Crippen LogP contribution in [0.25, 0.3) is 0 Å². The van der Waals surface area contributed by atoms with E-state index in [1.54, 1.807) is 13.8 Å². The molecule has 1 fully saturated rings. The second-order valence-corrected chi connectivity index (χ2v) is 5.43. The third-order valence-corrected chi connectivity index (χ3v) is 3.84. The number of esters is 1. The van der Waals surface area contributed by atoms with Gasteiger partial charge in [-0.05, 0) is 20.9 Å². The number of aromatic nitrogens is 1. The van der Waals surface area contributed by atoms with E-state index in [0.29, 0.717) is 18.8 Å². The van der Waals surface area contributed by atoms with E-state index >= 15 is 0 Å². The van der Waals surface area contributed by atoms with Crippen molar-refractivity contribution in [2.75, 3.05) is 50.5 Å². The third-order valence-electron chi connectivity index (χ3n) is 3.84. The molecule has 23 heavy (non-hydrogen) atoms. The van der Waals surface area contributed by atoms with Gasteiger partial charge in [-0.1, -0.05) is 0 Å². The number of nitrogens with zero attached hydrogens (tertiary/aromatic N) is 4. The summed E-state index contributed by atoms with van der Waals surface area (Å²) in [5, 5.41) is 11.5. The fraction of sp³-hybridized carbons (Fsp3) is 0.571. The lowest BCUT2D eigenvalue weighted by molar-refractivity contribution is -0.383. The van der Waals surface area contributed by atoms with Gasteiger partial charge in [0.05, 0.1) is 17.2 Å². The number of hydrogen-bond acceptors (Lipinski definition) is 8. The molecule has 0 aromatic carbocycles. The van der Waals surface area contributed by atoms with E-state index in [0.717, 1.165) is 13.1 Å². The maximum absolute atomic E-state index is 12.0. The summed E-state index contributed by atoms with van der Waals surface area (Å²) in [6.07, 6.45) is 0. The van der Waals surface area contributed by atoms with Crippen LogP contribution in [0.2, 0.25) is 0 Å². The van der Waals surface area contributed by atoms with Crippen molar-refractivity contribution in [2.45, 2.75) is 13.8 Å². The molecule has 9 nitrogen and oxygen atoms in total. The van der Waals surface area contributed by atoms with Gasteiger partial charge in [-0.2, -0.15) is 0 Å². The normalized spacial score (nSPS) is 15.5. The Labute approximate surface area is 134 Å². The summed E-state index contributed by atoms with van der Waals surface area (Å²) in [5.41, 5.74) is 5.72. The number of likely N-dealkylation sites (N-methyl/N-ethyl adjacent to an activating group) is 1. The van der Waals surface area contributed by atoms with Crippen LogP contribution in [-0.4, -0.2) is 60.6 Å². The summed E-state index contributed by atoms with van der Waals surface area (Å²) in [7, 11) is 1.99. The molecule has 2 rings (SSSR count). The van der Waals surface area contributed by atoms with Gasteiger partial charge in [0, 0.05) is 26.2 Å². The average molecular weight is 323 g/mol. The SMILES string of the molecule is CCOC(=O)c1c(C)nc(N2CCN(C)CC2)c([N+](=O)[O-])c1N. The molecule has 1 aromatic heterocycles. The van der Waals surface area contributed by atoms with Crippen LogP contribution in [0.5, 0.6) is 0 Å². The topological polar surface area (TPSA) is 115 Å². The van der Waals surface area contributed by atoms with E-state index in [4.69, 9.17) is 10.5 Å². The molecule has 1 aromatic rings. The molecule has 1 saturated heterocycles. The van der Waals surface area contributed by atoms with Crippen molar-refractivity contribution in [1.29, 1.82) is 0 Å². The van der Waals surface area contributed by atoms with Crippen LogP contribution < -0.4 is 10.6 Å². The van der Waals surface area contributed by atoms with Gasteiger partial charge in [0.1, 0.15) is 11.3 Å². The largest absolute Gasteiger partial charge is 0.462 e. The van der Waals surface area contributed by atoms with E-state index in [1.165, 1.54) is 0 Å². The molecular weight excluding hydrogens is 302 g/mol. The Hall–Kier alpha value is -2.42. The summed E-state index contributed by atoms with van der Waals surface area (Å²) < 4.78 is 4.92. The molecule has 0 radical (unpaired) electrons. The minimum absolute atomic E-state index is 0.0311. The van der Waals surface area contributed by atoms with Gasteiger partial charge in [-0.3, -0.25) is 10.1 Å². The molecule has 0 aliphatic carbocycles. The summed E-state index contributed by atoms with van der Waals surface area (Å²) in [5.74, 6) is -0.478. The first-order chi connectivity index (χ1) is 10.9. The minimum Gasteiger partial charge on any atom is -0.462 e. The van der Waals surface area contributed by atoms with Crippen molar-refractivity contribution in [3.63, 3.8) is 0 Å². The zero-order valence-electron chi connectivity index (χ0n) is 13.5. The molecule has 0 saturated carbocycles. The molecular formula is C14H21N5O4. The number of nitro groups is 1. The first-order valence-corrected chi connectivity index (χ1v) is 7.41. The maximum atomic E-state index is 12.0. The number of carbonyl (C=O) groups is 1. The Morgan fingerprint density at radius 1 is 1.39 bits per heavy atom. The highest BCUT2D eigenvalue weighted by molar-refractivity contribution is 6.00. The first-order valence-electron chi connectivity index (χ1n) is 7.41. The first kappa shape index (κ1) is 16.9. The Morgan fingerprint density at radius 3 is 2.52 bits per heavy atom. The quantitative estimate of drug-likeness (QED) is 0.492. The van der Waals surface area contributed by atoms with Gasteiger partial charge >= 0.3 is 11.7 Å². The zero-order valence-corrected chi connectivity index (χ0v) is 13.5. The molecule has 2 N–H and O–H groups in total. The standard InChI is InChI=1S/C14H21N5O4/c1-4-23-14(20)10-9(2)16-13(12(11(10)15)19(21)22)18-7-5-17(3)6-8-18/h4-8H2,1-3H3,(H2,15,16). The Morgan fingerprint density at radius 2 is 2.00 bits per heavy atom. The van der Waals surface area contributed by atoms with E-state index < -0.39 is 10.9 Å². The van der Waals surface area contributed by atoms with Crippen LogP contribution in [0.3, 0.4) is 0 Å². The summed E-state index contributed by atoms with van der Waals surface area (Å²) >= 11 is 0. The molecule has 126 valence electrons. The number of carbonyl (C=O) groups excluding carboxylic acids is 1. The molecule has 2 heterocycles. The predicted octanol–water partition coefficient (Wildman–Crippen LogP) is 0.809. The number of hydrogen-bond donors (Lipinski definition) is 1. The van der Waals surface area contributed by atoms with Crippen molar-refractivity contribution in [3.05, 3.63) is 21.4 Å². The van der Waals surface area contributed by atoms with Gasteiger partial charge < -0.3 is 20.3 Å². The van der Waals surface area contributed by atoms with Crippen molar-refractivity contribution in [2.24, 2.45) is 0 Å². The Balaban J connectivity index is 2.51. The highest BCUT2D eigenvalue weighted by Crippen LogP contribution is 2.36. The lowest BCUT2D eigenvalue weighted by Crippen LogP contribution is -2.45. The summed E-state index contributed by atoms with van der Waals surface area (Å²) in [4.78, 5) is 31.2. The number of anilines is 2. The predicted molar refractivity (Wildman–Crippen MR) is 85.7 cm³/mol. The summed E-state index contributed by atoms with van der Waals surface area (Å²) in [6, 6.07) is 0. The van der Waals surface area contributed by atoms with Crippen LogP contribution in [0.4, 0.5) is 17.2 Å². The fourth-order valence-corrected chi connectivity index (χ4v) is 2.58. The number of nitrogens with two attached hydrogens (primary N) is 1. The maximum Gasteiger partial charge on any atom is 0.342 e. The van der Waals surface area contributed by atoms with E-state index in [9.17, 15) is 14.9 Å². The highest BCUT2D eigenvalue weighted by atomic mass is 16.6. The number of nitrogen functional groups attached to an aromatic ring is 1. The zero-order chi connectivity index (χ0) is 17.1. The smallest absolute Gasteiger partial charge is 0.342 e. The molecule has 1 aliphatic rings. The second kappa shape index (κ2) is 6.78. The van der Waals surface area contributed by atoms with Crippen molar-refractivity contribution in [1.82, 2.24) is 9.88 Å². The average Bonchev–Trinajstić information content (AvgIpc) is 2.47. The lowest BCUT2D eigenvalue weighted by atomic mass is 10.1. The van der Waals surface area contributed by atoms with E-state index in [-0.39, 0.29) is 29.4 Å². The third kappa shape index (κ3) is 3.34. The number of ether oxygens (including phenoxy) is 1. The second-order valence-electron chi connectivity index (χ2n) is 5.43. The van der Waals surface area contributed by atoms with Crippen molar-refractivity contribution < 1.29 is 14.5 Å². The molecule has 9 heteroatoms. The summed E-state index contributed by atoms with van der Waals surface area (Å²) in [6.45, 7) is 6.19. The van der Waals surface area contributed by atoms with Crippen LogP contribution in [0.15, 0.2) is 0 Å². The number of pyridine rings is 1. The highest BCUT2D eigenvalue weighted by Gasteiger charge is 2.32. The van der Waals surface area contributed by atoms with Crippen LogP contribution >= 0.6 is 0 Å².